The second kappa shape index (κ2) is 6.35. The highest BCUT2D eigenvalue weighted by Crippen LogP contribution is 2.69. The minimum Gasteiger partial charge on any atom is -0.451 e. The zero-order chi connectivity index (χ0) is 21.4. The Hall–Kier alpha value is -1.30. The van der Waals surface area contributed by atoms with E-state index in [0.717, 1.165) is 6.42 Å². The van der Waals surface area contributed by atoms with Crippen molar-refractivity contribution in [2.24, 2.45) is 28.6 Å². The second-order valence-electron chi connectivity index (χ2n) is 10.6. The molecular formula is C23H33FO5. The third kappa shape index (κ3) is 2.50. The quantitative estimate of drug-likeness (QED) is 0.707. The van der Waals surface area contributed by atoms with Crippen LogP contribution in [-0.2, 0) is 19.1 Å². The molecule has 4 fully saturated rings. The summed E-state index contributed by atoms with van der Waals surface area (Å²) >= 11 is 0. The molecule has 0 spiro atoms. The Balaban J connectivity index is 1.73. The molecule has 0 amide bonds. The normalized spacial score (nSPS) is 51.6. The summed E-state index contributed by atoms with van der Waals surface area (Å²) in [5.41, 5.74) is -3.91. The highest BCUT2D eigenvalue weighted by Gasteiger charge is 2.72. The molecule has 4 aliphatic carbocycles. The van der Waals surface area contributed by atoms with Crippen molar-refractivity contribution < 1.29 is 28.6 Å². The number of fused-ring (bicyclic) bond motifs is 5. The van der Waals surface area contributed by atoms with Crippen LogP contribution in [0.2, 0.25) is 0 Å². The lowest BCUT2D eigenvalue weighted by Gasteiger charge is -2.64. The topological polar surface area (TPSA) is 80.7 Å². The van der Waals surface area contributed by atoms with E-state index in [0.29, 0.717) is 32.1 Å². The van der Waals surface area contributed by atoms with Gasteiger partial charge in [0.25, 0.3) is 0 Å². The number of Topliss-reactive ketones (excluding diaryl/α,β-unsaturated/α-hetero) is 2. The Morgan fingerprint density at radius 3 is 2.31 bits per heavy atom. The van der Waals surface area contributed by atoms with Gasteiger partial charge < -0.3 is 9.84 Å². The minimum absolute atomic E-state index is 0.0130. The fraction of sp³-hybridized carbons (Fsp3) is 0.870. The first-order valence-corrected chi connectivity index (χ1v) is 11.0. The van der Waals surface area contributed by atoms with E-state index in [2.05, 4.69) is 0 Å². The molecule has 0 unspecified atom stereocenters. The van der Waals surface area contributed by atoms with Gasteiger partial charge in [0.15, 0.2) is 11.4 Å². The number of carbonyl (C=O) groups is 3. The molecule has 0 bridgehead atoms. The van der Waals surface area contributed by atoms with Crippen LogP contribution in [0.3, 0.4) is 0 Å². The Morgan fingerprint density at radius 2 is 1.69 bits per heavy atom. The van der Waals surface area contributed by atoms with Gasteiger partial charge in [-0.05, 0) is 63.2 Å². The van der Waals surface area contributed by atoms with Gasteiger partial charge in [0.05, 0.1) is 0 Å². The first-order valence-electron chi connectivity index (χ1n) is 11.0. The maximum Gasteiger partial charge on any atom is 0.303 e. The number of hydrogen-bond acceptors (Lipinski definition) is 5. The number of aliphatic hydroxyl groups is 1. The van der Waals surface area contributed by atoms with E-state index in [1.54, 1.807) is 0 Å². The number of hydrogen-bond donors (Lipinski definition) is 1. The van der Waals surface area contributed by atoms with Crippen LogP contribution in [0.5, 0.6) is 0 Å². The summed E-state index contributed by atoms with van der Waals surface area (Å²) in [5, 5.41) is 11.3. The summed E-state index contributed by atoms with van der Waals surface area (Å²) in [7, 11) is 0. The molecule has 0 saturated heterocycles. The molecule has 0 heterocycles. The van der Waals surface area contributed by atoms with E-state index in [4.69, 9.17) is 4.74 Å². The monoisotopic (exact) mass is 408 g/mol. The van der Waals surface area contributed by atoms with Crippen molar-refractivity contribution in [2.45, 2.75) is 96.4 Å². The molecule has 162 valence electrons. The number of esters is 1. The number of ether oxygens (including phenoxy) is 1. The third-order valence-electron chi connectivity index (χ3n) is 9.64. The lowest BCUT2D eigenvalue weighted by molar-refractivity contribution is -0.239. The van der Waals surface area contributed by atoms with E-state index in [1.165, 1.54) is 13.8 Å². The van der Waals surface area contributed by atoms with Crippen molar-refractivity contribution in [3.63, 3.8) is 0 Å². The Morgan fingerprint density at radius 1 is 1.07 bits per heavy atom. The standard InChI is InChI=1S/C23H33FO5/c1-13(25)23(29-14(2)26)10-7-18-16-11-19(24)22(28)12-15(27)5-8-20(22,3)17(16)6-9-21(18,23)4/h16-19,28H,5-12H2,1-4H3/t16-,17+,18-,19+,20-,21+,22+,23+/m1/s1. The highest BCUT2D eigenvalue weighted by atomic mass is 19.1. The summed E-state index contributed by atoms with van der Waals surface area (Å²) in [6.07, 6.45) is 2.18. The van der Waals surface area contributed by atoms with Crippen LogP contribution >= 0.6 is 0 Å². The van der Waals surface area contributed by atoms with Crippen LogP contribution in [0, 0.1) is 28.6 Å². The van der Waals surface area contributed by atoms with Gasteiger partial charge in [-0.25, -0.2) is 4.39 Å². The van der Waals surface area contributed by atoms with Gasteiger partial charge in [0.2, 0.25) is 0 Å². The summed E-state index contributed by atoms with van der Waals surface area (Å²) in [6.45, 7) is 6.83. The number of ketones is 2. The Labute approximate surface area is 171 Å². The number of rotatable bonds is 2. The summed E-state index contributed by atoms with van der Waals surface area (Å²) in [5.74, 6) is -0.470. The van der Waals surface area contributed by atoms with Gasteiger partial charge in [0.1, 0.15) is 17.6 Å². The Bertz CT molecular complexity index is 766. The number of halogens is 1. The fourth-order valence-electron chi connectivity index (χ4n) is 8.08. The molecule has 0 aromatic carbocycles. The van der Waals surface area contributed by atoms with Crippen LogP contribution in [0.15, 0.2) is 0 Å². The number of carbonyl (C=O) groups excluding carboxylic acids is 3. The predicted octanol–water partition coefficient (Wildman–Crippen LogP) is 3.55. The van der Waals surface area contributed by atoms with Gasteiger partial charge in [-0.1, -0.05) is 13.8 Å². The van der Waals surface area contributed by atoms with Crippen LogP contribution in [0.25, 0.3) is 0 Å². The van der Waals surface area contributed by atoms with E-state index in [-0.39, 0.29) is 42.2 Å². The molecule has 4 rings (SSSR count). The van der Waals surface area contributed by atoms with E-state index >= 15 is 4.39 Å². The SMILES string of the molecule is CC(=O)O[C@]1(C(C)=O)CC[C@@H]2[C@@H]3C[C@H](F)[C@@]4(O)CC(=O)CC[C@]4(C)[C@H]3CC[C@@]21C. The second-order valence-corrected chi connectivity index (χ2v) is 10.6. The smallest absolute Gasteiger partial charge is 0.303 e. The van der Waals surface area contributed by atoms with Crippen molar-refractivity contribution >= 4 is 17.5 Å². The first-order chi connectivity index (χ1) is 13.4. The first kappa shape index (κ1) is 21.0. The van der Waals surface area contributed by atoms with Gasteiger partial charge in [0, 0.05) is 30.6 Å². The molecule has 5 nitrogen and oxygen atoms in total. The van der Waals surface area contributed by atoms with Crippen molar-refractivity contribution in [3.05, 3.63) is 0 Å². The summed E-state index contributed by atoms with van der Waals surface area (Å²) in [6, 6.07) is 0. The molecule has 29 heavy (non-hydrogen) atoms. The molecule has 0 aromatic heterocycles. The average Bonchev–Trinajstić information content (AvgIpc) is 2.91. The summed E-state index contributed by atoms with van der Waals surface area (Å²) in [4.78, 5) is 36.7. The molecule has 6 heteroatoms. The zero-order valence-corrected chi connectivity index (χ0v) is 17.9. The van der Waals surface area contributed by atoms with E-state index in [1.807, 2.05) is 13.8 Å². The van der Waals surface area contributed by atoms with Crippen LogP contribution in [0.1, 0.15) is 79.1 Å². The maximum absolute atomic E-state index is 15.5. The van der Waals surface area contributed by atoms with Crippen molar-refractivity contribution in [2.75, 3.05) is 0 Å². The van der Waals surface area contributed by atoms with Gasteiger partial charge in [-0.15, -0.1) is 0 Å². The van der Waals surface area contributed by atoms with Gasteiger partial charge in [-0.2, -0.15) is 0 Å². The molecule has 4 saturated carbocycles. The van der Waals surface area contributed by atoms with Gasteiger partial charge >= 0.3 is 5.97 Å². The molecule has 0 radical (unpaired) electrons. The van der Waals surface area contributed by atoms with Crippen LogP contribution in [-0.4, -0.2) is 40.0 Å². The molecule has 1 N–H and O–H groups in total. The minimum atomic E-state index is -1.59. The van der Waals surface area contributed by atoms with Crippen molar-refractivity contribution in [1.82, 2.24) is 0 Å². The van der Waals surface area contributed by atoms with E-state index in [9.17, 15) is 19.5 Å². The highest BCUT2D eigenvalue weighted by molar-refractivity contribution is 5.89. The molecule has 8 atom stereocenters. The third-order valence-corrected chi connectivity index (χ3v) is 9.64. The molecular weight excluding hydrogens is 375 g/mol. The average molecular weight is 409 g/mol. The summed E-state index contributed by atoms with van der Waals surface area (Å²) < 4.78 is 21.2. The van der Waals surface area contributed by atoms with Crippen LogP contribution < -0.4 is 0 Å². The largest absolute Gasteiger partial charge is 0.451 e. The predicted molar refractivity (Wildman–Crippen MR) is 104 cm³/mol. The van der Waals surface area contributed by atoms with E-state index < -0.39 is 34.2 Å². The van der Waals surface area contributed by atoms with Gasteiger partial charge in [-0.3, -0.25) is 14.4 Å². The van der Waals surface area contributed by atoms with Crippen molar-refractivity contribution in [3.8, 4) is 0 Å². The Kier molecular flexibility index (Phi) is 4.59. The zero-order valence-electron chi connectivity index (χ0n) is 17.9. The van der Waals surface area contributed by atoms with Crippen molar-refractivity contribution in [1.29, 1.82) is 0 Å². The molecule has 4 aliphatic rings. The molecule has 0 aliphatic heterocycles. The number of alkyl halides is 1. The fourth-order valence-corrected chi connectivity index (χ4v) is 8.08. The maximum atomic E-state index is 15.5. The lowest BCUT2D eigenvalue weighted by atomic mass is 9.42. The van der Waals surface area contributed by atoms with Crippen LogP contribution in [0.4, 0.5) is 4.39 Å². The molecule has 0 aromatic rings. The lowest BCUT2D eigenvalue weighted by Crippen LogP contribution is -2.68.